The van der Waals surface area contributed by atoms with Crippen LogP contribution in [0.4, 0.5) is 4.79 Å². The topological polar surface area (TPSA) is 75.6 Å². The summed E-state index contributed by atoms with van der Waals surface area (Å²) in [5.74, 6) is -0.729. The van der Waals surface area contributed by atoms with Gasteiger partial charge in [-0.2, -0.15) is 12.6 Å². The molecule has 0 aromatic carbocycles. The molecule has 0 aliphatic heterocycles. The largest absolute Gasteiger partial charge is 0.480 e. The predicted molar refractivity (Wildman–Crippen MR) is 54.6 cm³/mol. The van der Waals surface area contributed by atoms with E-state index in [0.29, 0.717) is 5.75 Å². The zero-order valence-electron chi connectivity index (χ0n) is 7.60. The molecular weight excluding hydrogens is 206 g/mol. The Hall–Kier alpha value is -1.17. The average molecular weight is 219 g/mol. The Balaban J connectivity index is 3.95. The van der Waals surface area contributed by atoms with E-state index >= 15 is 0 Å². The lowest BCUT2D eigenvalue weighted by molar-refractivity contribution is -0.139. The number of thiol groups is 1. The average Bonchev–Trinajstić information content (AvgIpc) is 2.14. The Kier molecular flexibility index (Phi) is 6.65. The van der Waals surface area contributed by atoms with E-state index in [1.165, 1.54) is 6.08 Å². The molecule has 0 heterocycles. The molecule has 0 radical (unpaired) electrons. The van der Waals surface area contributed by atoms with Gasteiger partial charge in [0.05, 0.1) is 0 Å². The summed E-state index contributed by atoms with van der Waals surface area (Å²) >= 11 is 3.88. The van der Waals surface area contributed by atoms with Crippen LogP contribution in [0.3, 0.4) is 0 Å². The lowest BCUT2D eigenvalue weighted by Crippen LogP contribution is -2.41. The minimum absolute atomic E-state index is 0.0546. The van der Waals surface area contributed by atoms with E-state index in [1.54, 1.807) is 0 Å². The fraction of sp³-hybridized carbons (Fsp3) is 0.500. The van der Waals surface area contributed by atoms with Gasteiger partial charge in [-0.15, -0.1) is 0 Å². The van der Waals surface area contributed by atoms with Crippen LogP contribution in [0.15, 0.2) is 12.7 Å². The summed E-state index contributed by atoms with van der Waals surface area (Å²) in [6.45, 7) is 3.40. The number of carbonyl (C=O) groups is 2. The molecule has 0 rings (SSSR count). The minimum Gasteiger partial charge on any atom is -0.480 e. The summed E-state index contributed by atoms with van der Waals surface area (Å²) in [4.78, 5) is 21.5. The molecule has 6 heteroatoms. The van der Waals surface area contributed by atoms with Crippen LogP contribution in [-0.4, -0.2) is 35.6 Å². The molecule has 0 aromatic heterocycles. The van der Waals surface area contributed by atoms with E-state index < -0.39 is 18.1 Å². The third-order valence-corrected chi connectivity index (χ3v) is 1.60. The van der Waals surface area contributed by atoms with Gasteiger partial charge >= 0.3 is 12.1 Å². The van der Waals surface area contributed by atoms with Crippen molar-refractivity contribution in [2.45, 2.75) is 12.5 Å². The van der Waals surface area contributed by atoms with Gasteiger partial charge < -0.3 is 15.2 Å². The fourth-order valence-corrected chi connectivity index (χ4v) is 0.963. The van der Waals surface area contributed by atoms with Crippen LogP contribution in [0, 0.1) is 0 Å². The van der Waals surface area contributed by atoms with Crippen molar-refractivity contribution in [1.29, 1.82) is 0 Å². The zero-order chi connectivity index (χ0) is 11.0. The van der Waals surface area contributed by atoms with Crippen LogP contribution in [-0.2, 0) is 9.53 Å². The van der Waals surface area contributed by atoms with Gasteiger partial charge in [0.1, 0.15) is 12.6 Å². The van der Waals surface area contributed by atoms with Gasteiger partial charge in [0.15, 0.2) is 0 Å². The highest BCUT2D eigenvalue weighted by Crippen LogP contribution is 1.95. The van der Waals surface area contributed by atoms with E-state index in [9.17, 15) is 9.59 Å². The fourth-order valence-electron chi connectivity index (χ4n) is 0.705. The first-order valence-corrected chi connectivity index (χ1v) is 4.63. The second kappa shape index (κ2) is 7.25. The van der Waals surface area contributed by atoms with Crippen molar-refractivity contribution in [3.8, 4) is 0 Å². The van der Waals surface area contributed by atoms with Gasteiger partial charge in [-0.25, -0.2) is 9.59 Å². The number of nitrogens with one attached hydrogen (secondary N) is 1. The number of ether oxygens (including phenoxy) is 1. The van der Waals surface area contributed by atoms with E-state index in [4.69, 9.17) is 5.11 Å². The molecule has 5 nitrogen and oxygen atoms in total. The van der Waals surface area contributed by atoms with Crippen LogP contribution in [0.25, 0.3) is 0 Å². The quantitative estimate of drug-likeness (QED) is 0.453. The standard InChI is InChI=1S/C8H13NO4S/c1-2-4-13-8(12)9-6(3-5-14)7(10)11/h2,6,14H,1,3-5H2,(H,9,12)(H,10,11)/t6-/m0/s1. The molecule has 0 aromatic rings. The molecule has 0 unspecified atom stereocenters. The highest BCUT2D eigenvalue weighted by Gasteiger charge is 2.19. The van der Waals surface area contributed by atoms with Crippen LogP contribution < -0.4 is 5.32 Å². The Labute approximate surface area is 87.5 Å². The maximum atomic E-state index is 10.9. The second-order valence-electron chi connectivity index (χ2n) is 2.43. The molecule has 0 spiro atoms. The SMILES string of the molecule is C=CCOC(=O)N[C@@H](CCS)C(=O)O. The molecule has 0 fully saturated rings. The maximum absolute atomic E-state index is 10.9. The predicted octanol–water partition coefficient (Wildman–Crippen LogP) is 0.672. The molecule has 80 valence electrons. The maximum Gasteiger partial charge on any atom is 0.408 e. The molecule has 2 N–H and O–H groups in total. The summed E-state index contributed by atoms with van der Waals surface area (Å²) in [6, 6.07) is -0.954. The second-order valence-corrected chi connectivity index (χ2v) is 2.88. The number of alkyl carbamates (subject to hydrolysis) is 1. The first kappa shape index (κ1) is 12.8. The first-order valence-electron chi connectivity index (χ1n) is 3.99. The highest BCUT2D eigenvalue weighted by atomic mass is 32.1. The Morgan fingerprint density at radius 1 is 1.64 bits per heavy atom. The van der Waals surface area contributed by atoms with Crippen LogP contribution >= 0.6 is 12.6 Å². The monoisotopic (exact) mass is 219 g/mol. The van der Waals surface area contributed by atoms with Crippen LogP contribution in [0.2, 0.25) is 0 Å². The third kappa shape index (κ3) is 5.47. The van der Waals surface area contributed by atoms with Crippen molar-refractivity contribution in [2.24, 2.45) is 0 Å². The molecule has 14 heavy (non-hydrogen) atoms. The molecule has 0 aliphatic rings. The summed E-state index contributed by atoms with van der Waals surface area (Å²) in [5, 5.41) is 10.8. The number of aliphatic carboxylic acids is 1. The molecular formula is C8H13NO4S. The summed E-state index contributed by atoms with van der Waals surface area (Å²) in [6.07, 6.45) is 0.884. The highest BCUT2D eigenvalue weighted by molar-refractivity contribution is 7.80. The van der Waals surface area contributed by atoms with Gasteiger partial charge in [-0.1, -0.05) is 12.7 Å². The number of rotatable bonds is 6. The first-order chi connectivity index (χ1) is 6.61. The number of carboxylic acid groups (broad SMARTS) is 1. The van der Waals surface area contributed by atoms with Crippen molar-refractivity contribution in [3.63, 3.8) is 0 Å². The number of carbonyl (C=O) groups excluding carboxylic acids is 1. The molecule has 0 bridgehead atoms. The van der Waals surface area contributed by atoms with Crippen molar-refractivity contribution in [2.75, 3.05) is 12.4 Å². The molecule has 0 aliphatic carbocycles. The molecule has 0 saturated heterocycles. The van der Waals surface area contributed by atoms with E-state index in [-0.39, 0.29) is 13.0 Å². The number of amides is 1. The Morgan fingerprint density at radius 2 is 2.29 bits per heavy atom. The minimum atomic E-state index is -1.10. The normalized spacial score (nSPS) is 11.5. The number of hydrogen-bond acceptors (Lipinski definition) is 4. The summed E-state index contributed by atoms with van der Waals surface area (Å²) in [7, 11) is 0. The van der Waals surface area contributed by atoms with Gasteiger partial charge in [0.2, 0.25) is 0 Å². The molecule has 1 atom stereocenters. The lowest BCUT2D eigenvalue weighted by atomic mass is 10.2. The molecule has 0 saturated carbocycles. The molecule has 1 amide bonds. The Bertz CT molecular complexity index is 219. The lowest BCUT2D eigenvalue weighted by Gasteiger charge is -2.12. The van der Waals surface area contributed by atoms with E-state index in [0.717, 1.165) is 0 Å². The third-order valence-electron chi connectivity index (χ3n) is 1.34. The van der Waals surface area contributed by atoms with Crippen molar-refractivity contribution in [3.05, 3.63) is 12.7 Å². The van der Waals surface area contributed by atoms with Gasteiger partial charge in [0.25, 0.3) is 0 Å². The number of hydrogen-bond donors (Lipinski definition) is 3. The number of carboxylic acids is 1. The van der Waals surface area contributed by atoms with Crippen molar-refractivity contribution < 1.29 is 19.4 Å². The summed E-state index contributed by atoms with van der Waals surface area (Å²) < 4.78 is 4.56. The van der Waals surface area contributed by atoms with E-state index in [2.05, 4.69) is 29.3 Å². The van der Waals surface area contributed by atoms with Gasteiger partial charge in [0, 0.05) is 0 Å². The zero-order valence-corrected chi connectivity index (χ0v) is 8.50. The van der Waals surface area contributed by atoms with E-state index in [1.807, 2.05) is 0 Å². The van der Waals surface area contributed by atoms with Gasteiger partial charge in [-0.05, 0) is 12.2 Å². The van der Waals surface area contributed by atoms with Crippen LogP contribution in [0.1, 0.15) is 6.42 Å². The Morgan fingerprint density at radius 3 is 2.71 bits per heavy atom. The van der Waals surface area contributed by atoms with Crippen LogP contribution in [0.5, 0.6) is 0 Å². The van der Waals surface area contributed by atoms with Crippen molar-refractivity contribution in [1.82, 2.24) is 5.32 Å². The smallest absolute Gasteiger partial charge is 0.408 e. The van der Waals surface area contributed by atoms with Gasteiger partial charge in [-0.3, -0.25) is 0 Å². The van der Waals surface area contributed by atoms with Crippen molar-refractivity contribution >= 4 is 24.7 Å². The summed E-state index contributed by atoms with van der Waals surface area (Å²) in [5.41, 5.74) is 0.